The molecule has 1 aliphatic heterocycles. The molecule has 6 rings (SSSR count). The fourth-order valence-electron chi connectivity index (χ4n) is 4.78. The van der Waals surface area contributed by atoms with E-state index in [2.05, 4.69) is 45.9 Å². The molecule has 0 saturated heterocycles. The molecule has 0 fully saturated rings. The Morgan fingerprint density at radius 2 is 1.80 bits per heavy atom. The van der Waals surface area contributed by atoms with Gasteiger partial charge in [-0.25, -0.2) is 9.97 Å². The lowest BCUT2D eigenvalue weighted by atomic mass is 9.79. The van der Waals surface area contributed by atoms with Gasteiger partial charge in [-0.15, -0.1) is 0 Å². The molecule has 30 heavy (non-hydrogen) atoms. The van der Waals surface area contributed by atoms with E-state index in [4.69, 9.17) is 4.98 Å². The Morgan fingerprint density at radius 1 is 0.967 bits per heavy atom. The number of pyridine rings is 2. The van der Waals surface area contributed by atoms with Crippen LogP contribution in [-0.2, 0) is 29.6 Å². The molecular formula is C25H20N4O. The number of aromatic nitrogens is 2. The van der Waals surface area contributed by atoms with Crippen LogP contribution in [0.1, 0.15) is 22.3 Å². The van der Waals surface area contributed by atoms with Crippen molar-refractivity contribution in [2.24, 2.45) is 0 Å². The second-order valence-electron chi connectivity index (χ2n) is 8.14. The topological polar surface area (TPSA) is 66.9 Å². The Hall–Kier alpha value is -3.73. The molecule has 2 aliphatic rings. The van der Waals surface area contributed by atoms with Gasteiger partial charge in [0, 0.05) is 23.7 Å². The molecule has 1 amide bonds. The van der Waals surface area contributed by atoms with Crippen LogP contribution in [0.15, 0.2) is 72.9 Å². The summed E-state index contributed by atoms with van der Waals surface area (Å²) in [5, 5.41) is 7.48. The molecule has 5 heteroatoms. The summed E-state index contributed by atoms with van der Waals surface area (Å²) in [6, 6.07) is 22.7. The largest absolute Gasteiger partial charge is 0.366 e. The van der Waals surface area contributed by atoms with Crippen LogP contribution in [0.2, 0.25) is 0 Å². The Balaban J connectivity index is 1.33. The monoisotopic (exact) mass is 392 g/mol. The molecule has 0 unspecified atom stereocenters. The molecule has 2 aromatic heterocycles. The molecule has 2 N–H and O–H groups in total. The van der Waals surface area contributed by atoms with Gasteiger partial charge in [-0.05, 0) is 59.9 Å². The van der Waals surface area contributed by atoms with Crippen molar-refractivity contribution < 1.29 is 4.79 Å². The number of carbonyl (C=O) groups is 1. The van der Waals surface area contributed by atoms with E-state index in [1.807, 2.05) is 36.4 Å². The fourth-order valence-corrected chi connectivity index (χ4v) is 4.78. The van der Waals surface area contributed by atoms with Gasteiger partial charge in [0.05, 0.1) is 10.9 Å². The maximum absolute atomic E-state index is 12.9. The number of rotatable bonds is 3. The first-order valence-corrected chi connectivity index (χ1v) is 10.2. The molecule has 3 heterocycles. The quantitative estimate of drug-likeness (QED) is 0.548. The Bertz CT molecular complexity index is 1300. The van der Waals surface area contributed by atoms with E-state index < -0.39 is 5.41 Å². The van der Waals surface area contributed by atoms with Crippen LogP contribution >= 0.6 is 0 Å². The van der Waals surface area contributed by atoms with E-state index in [0.717, 1.165) is 28.8 Å². The molecule has 1 spiro atoms. The fraction of sp³-hybridized carbons (Fsp3) is 0.160. The van der Waals surface area contributed by atoms with Crippen molar-refractivity contribution >= 4 is 28.4 Å². The second kappa shape index (κ2) is 6.39. The number of hydrogen-bond acceptors (Lipinski definition) is 4. The molecule has 146 valence electrons. The van der Waals surface area contributed by atoms with Gasteiger partial charge in [-0.2, -0.15) is 0 Å². The van der Waals surface area contributed by atoms with Crippen LogP contribution in [-0.4, -0.2) is 15.9 Å². The molecule has 0 bridgehead atoms. The summed E-state index contributed by atoms with van der Waals surface area (Å²) < 4.78 is 0. The van der Waals surface area contributed by atoms with Crippen LogP contribution in [0.25, 0.3) is 10.9 Å². The van der Waals surface area contributed by atoms with E-state index in [1.54, 1.807) is 6.20 Å². The average Bonchev–Trinajstić information content (AvgIpc) is 3.28. The van der Waals surface area contributed by atoms with E-state index in [0.29, 0.717) is 18.7 Å². The van der Waals surface area contributed by atoms with Gasteiger partial charge in [-0.1, -0.05) is 36.4 Å². The van der Waals surface area contributed by atoms with Crippen LogP contribution in [0, 0.1) is 0 Å². The van der Waals surface area contributed by atoms with Crippen molar-refractivity contribution in [3.8, 4) is 0 Å². The zero-order valence-electron chi connectivity index (χ0n) is 16.4. The first-order chi connectivity index (χ1) is 14.7. The minimum absolute atomic E-state index is 0.0506. The minimum Gasteiger partial charge on any atom is -0.366 e. The predicted molar refractivity (Wildman–Crippen MR) is 117 cm³/mol. The van der Waals surface area contributed by atoms with Crippen molar-refractivity contribution in [2.75, 3.05) is 10.6 Å². The zero-order chi connectivity index (χ0) is 20.1. The van der Waals surface area contributed by atoms with E-state index in [1.165, 1.54) is 16.7 Å². The lowest BCUT2D eigenvalue weighted by molar-refractivity contribution is -0.120. The van der Waals surface area contributed by atoms with Crippen molar-refractivity contribution in [3.63, 3.8) is 0 Å². The van der Waals surface area contributed by atoms with Crippen molar-refractivity contribution in [3.05, 3.63) is 95.2 Å². The maximum atomic E-state index is 12.9. The Morgan fingerprint density at radius 3 is 2.67 bits per heavy atom. The predicted octanol–water partition coefficient (Wildman–Crippen LogP) is 4.23. The lowest BCUT2D eigenvalue weighted by Crippen LogP contribution is -2.35. The highest BCUT2D eigenvalue weighted by Crippen LogP contribution is 2.47. The van der Waals surface area contributed by atoms with E-state index in [-0.39, 0.29) is 5.91 Å². The van der Waals surface area contributed by atoms with Crippen molar-refractivity contribution in [1.82, 2.24) is 9.97 Å². The van der Waals surface area contributed by atoms with Crippen LogP contribution in [0.5, 0.6) is 0 Å². The Kier molecular flexibility index (Phi) is 3.65. The molecule has 0 saturated carbocycles. The van der Waals surface area contributed by atoms with Gasteiger partial charge >= 0.3 is 0 Å². The van der Waals surface area contributed by atoms with Gasteiger partial charge in [-0.3, -0.25) is 4.79 Å². The molecule has 4 aromatic rings. The van der Waals surface area contributed by atoms with Gasteiger partial charge in [0.15, 0.2) is 0 Å². The van der Waals surface area contributed by atoms with Crippen LogP contribution in [0.4, 0.5) is 11.6 Å². The number of hydrogen-bond donors (Lipinski definition) is 2. The third kappa shape index (κ3) is 2.59. The highest BCUT2D eigenvalue weighted by molar-refractivity contribution is 6.06. The number of anilines is 2. The minimum atomic E-state index is -0.544. The molecule has 0 radical (unpaired) electrons. The number of amides is 1. The Labute approximate surface area is 174 Å². The van der Waals surface area contributed by atoms with E-state index >= 15 is 0 Å². The number of benzene rings is 2. The number of fused-ring (bicyclic) bond motifs is 4. The van der Waals surface area contributed by atoms with Gasteiger partial charge in [0.25, 0.3) is 0 Å². The summed E-state index contributed by atoms with van der Waals surface area (Å²) in [6.45, 7) is 0.733. The first-order valence-electron chi connectivity index (χ1n) is 10.2. The number of nitrogens with one attached hydrogen (secondary N) is 2. The molecule has 1 atom stereocenters. The summed E-state index contributed by atoms with van der Waals surface area (Å²) in [7, 11) is 0. The maximum Gasteiger partial charge on any atom is 0.237 e. The SMILES string of the molecule is O=C1Nc2ncccc2[C@@]12Cc1cc3ccc(NCc4ccccc4)nc3cc1C2. The van der Waals surface area contributed by atoms with E-state index in [9.17, 15) is 4.79 Å². The molecule has 2 aromatic carbocycles. The summed E-state index contributed by atoms with van der Waals surface area (Å²) >= 11 is 0. The summed E-state index contributed by atoms with van der Waals surface area (Å²) in [5.74, 6) is 1.60. The molecule has 1 aliphatic carbocycles. The highest BCUT2D eigenvalue weighted by atomic mass is 16.2. The zero-order valence-corrected chi connectivity index (χ0v) is 16.4. The van der Waals surface area contributed by atoms with Crippen LogP contribution < -0.4 is 10.6 Å². The molecule has 5 nitrogen and oxygen atoms in total. The van der Waals surface area contributed by atoms with Gasteiger partial charge in [0.2, 0.25) is 5.91 Å². The van der Waals surface area contributed by atoms with Crippen LogP contribution in [0.3, 0.4) is 0 Å². The third-order valence-corrected chi connectivity index (χ3v) is 6.30. The standard InChI is InChI=1S/C25H20N4O/c30-24-25(20-7-4-10-26-23(20)29-24)13-18-11-17-8-9-22(28-21(17)12-19(18)14-25)27-15-16-5-2-1-3-6-16/h1-12H,13-15H2,(H,27,28)(H,26,29,30)/t25-/m0/s1. The van der Waals surface area contributed by atoms with Crippen molar-refractivity contribution in [2.45, 2.75) is 24.8 Å². The summed E-state index contributed by atoms with van der Waals surface area (Å²) in [5.41, 5.74) is 5.05. The van der Waals surface area contributed by atoms with Gasteiger partial charge < -0.3 is 10.6 Å². The normalized spacial score (nSPS) is 19.0. The number of carbonyl (C=O) groups excluding carboxylic acids is 1. The smallest absolute Gasteiger partial charge is 0.237 e. The molecular weight excluding hydrogens is 372 g/mol. The lowest BCUT2D eigenvalue weighted by Gasteiger charge is -2.20. The highest BCUT2D eigenvalue weighted by Gasteiger charge is 2.51. The third-order valence-electron chi connectivity index (χ3n) is 6.30. The number of nitrogens with zero attached hydrogens (tertiary/aromatic N) is 2. The summed E-state index contributed by atoms with van der Waals surface area (Å²) in [6.07, 6.45) is 3.12. The second-order valence-corrected chi connectivity index (χ2v) is 8.14. The first kappa shape index (κ1) is 17.2. The van der Waals surface area contributed by atoms with Gasteiger partial charge in [0.1, 0.15) is 11.6 Å². The van der Waals surface area contributed by atoms with Crippen molar-refractivity contribution in [1.29, 1.82) is 0 Å². The average molecular weight is 392 g/mol. The summed E-state index contributed by atoms with van der Waals surface area (Å²) in [4.78, 5) is 22.1.